The summed E-state index contributed by atoms with van der Waals surface area (Å²) >= 11 is 6.52. The highest BCUT2D eigenvalue weighted by atomic mass is 35.5. The van der Waals surface area contributed by atoms with Gasteiger partial charge in [0, 0.05) is 10.9 Å². The van der Waals surface area contributed by atoms with E-state index in [1.807, 2.05) is 62.4 Å². The van der Waals surface area contributed by atoms with E-state index in [0.29, 0.717) is 11.0 Å². The number of carbonyl (C=O) groups is 1. The molecule has 8 heteroatoms. The van der Waals surface area contributed by atoms with Crippen molar-refractivity contribution in [1.82, 2.24) is 14.8 Å². The summed E-state index contributed by atoms with van der Waals surface area (Å²) in [6.07, 6.45) is 0.726. The molecule has 1 aliphatic heterocycles. The van der Waals surface area contributed by atoms with Crippen LogP contribution in [0.3, 0.4) is 0 Å². The summed E-state index contributed by atoms with van der Waals surface area (Å²) in [6, 6.07) is 15.6. The van der Waals surface area contributed by atoms with E-state index >= 15 is 0 Å². The predicted octanol–water partition coefficient (Wildman–Crippen LogP) is 4.68. The van der Waals surface area contributed by atoms with Gasteiger partial charge in [0.2, 0.25) is 11.9 Å². The van der Waals surface area contributed by atoms with Crippen molar-refractivity contribution in [3.8, 4) is 5.75 Å². The predicted molar refractivity (Wildman–Crippen MR) is 117 cm³/mol. The molecule has 2 aromatic carbocycles. The molecule has 0 radical (unpaired) electrons. The molecule has 2 heterocycles. The highest BCUT2D eigenvalue weighted by Gasteiger charge is 2.32. The molecule has 156 valence electrons. The van der Waals surface area contributed by atoms with Crippen LogP contribution < -0.4 is 15.4 Å². The third-order valence-electron chi connectivity index (χ3n) is 5.23. The number of carbonyl (C=O) groups excluding carboxylic acids is 1. The van der Waals surface area contributed by atoms with Gasteiger partial charge in [0.1, 0.15) is 5.75 Å². The van der Waals surface area contributed by atoms with Crippen LogP contribution >= 0.6 is 11.6 Å². The average molecular weight is 426 g/mol. The molecular weight excluding hydrogens is 402 g/mol. The Hall–Kier alpha value is -3.06. The van der Waals surface area contributed by atoms with Crippen LogP contribution in [0.4, 0.5) is 11.9 Å². The number of benzene rings is 2. The van der Waals surface area contributed by atoms with Gasteiger partial charge < -0.3 is 10.1 Å². The van der Waals surface area contributed by atoms with Gasteiger partial charge in [-0.1, -0.05) is 55.8 Å². The molecule has 0 spiro atoms. The van der Waals surface area contributed by atoms with Crippen LogP contribution in [0.25, 0.3) is 0 Å². The Bertz CT molecular complexity index is 1050. The number of ether oxygens (including phenoxy) is 1. The van der Waals surface area contributed by atoms with Crippen molar-refractivity contribution in [3.05, 3.63) is 64.7 Å². The Kier molecular flexibility index (Phi) is 5.63. The minimum Gasteiger partial charge on any atom is -0.497 e. The van der Waals surface area contributed by atoms with Crippen LogP contribution in [-0.2, 0) is 4.79 Å². The molecule has 0 saturated carbocycles. The summed E-state index contributed by atoms with van der Waals surface area (Å²) in [5, 5.41) is 11.5. The standard InChI is InChI=1S/C22H24ClN5O2/c1-13(2)20(29)25-21-26-22-24-18(14-8-10-15(30-3)11-9-14)12-19(28(22)27-21)16-6-4-5-7-17(16)23/h4-11,13,18-19H,12H2,1-3H3,(H2,24,25,26,27,29)/t18-,19+/m0/s1. The third kappa shape index (κ3) is 3.98. The van der Waals surface area contributed by atoms with Crippen LogP contribution in [0, 0.1) is 5.92 Å². The van der Waals surface area contributed by atoms with Crippen LogP contribution in [0.15, 0.2) is 48.5 Å². The van der Waals surface area contributed by atoms with Crippen LogP contribution in [0.1, 0.15) is 43.5 Å². The van der Waals surface area contributed by atoms with Gasteiger partial charge in [-0.05, 0) is 35.7 Å². The first-order valence-electron chi connectivity index (χ1n) is 9.88. The van der Waals surface area contributed by atoms with Gasteiger partial charge in [-0.15, -0.1) is 5.10 Å². The Labute approximate surface area is 180 Å². The zero-order chi connectivity index (χ0) is 21.3. The average Bonchev–Trinajstić information content (AvgIpc) is 3.16. The molecule has 2 N–H and O–H groups in total. The molecule has 30 heavy (non-hydrogen) atoms. The van der Waals surface area contributed by atoms with Gasteiger partial charge >= 0.3 is 0 Å². The van der Waals surface area contributed by atoms with Crippen molar-refractivity contribution in [2.24, 2.45) is 5.92 Å². The molecule has 1 amide bonds. The lowest BCUT2D eigenvalue weighted by Gasteiger charge is -2.32. The van der Waals surface area contributed by atoms with Crippen molar-refractivity contribution >= 4 is 29.4 Å². The smallest absolute Gasteiger partial charge is 0.250 e. The molecule has 1 aliphatic rings. The highest BCUT2D eigenvalue weighted by molar-refractivity contribution is 6.31. The van der Waals surface area contributed by atoms with Crippen molar-refractivity contribution in [2.45, 2.75) is 32.4 Å². The van der Waals surface area contributed by atoms with E-state index in [9.17, 15) is 4.79 Å². The first-order valence-corrected chi connectivity index (χ1v) is 10.3. The van der Waals surface area contributed by atoms with E-state index < -0.39 is 0 Å². The second-order valence-corrected chi connectivity index (χ2v) is 8.00. The molecule has 0 unspecified atom stereocenters. The van der Waals surface area contributed by atoms with Gasteiger partial charge in [-0.3, -0.25) is 10.1 Å². The molecule has 0 bridgehead atoms. The number of anilines is 2. The van der Waals surface area contributed by atoms with Crippen LogP contribution in [0.5, 0.6) is 5.75 Å². The van der Waals surface area contributed by atoms with E-state index in [-0.39, 0.29) is 29.9 Å². The summed E-state index contributed by atoms with van der Waals surface area (Å²) in [5.74, 6) is 1.39. The number of nitrogens with zero attached hydrogens (tertiary/aromatic N) is 3. The number of amides is 1. The minimum absolute atomic E-state index is 0.00234. The molecule has 0 saturated heterocycles. The second kappa shape index (κ2) is 8.36. The number of methoxy groups -OCH3 is 1. The fraction of sp³-hybridized carbons (Fsp3) is 0.318. The zero-order valence-electron chi connectivity index (χ0n) is 17.1. The summed E-state index contributed by atoms with van der Waals surface area (Å²) in [5.41, 5.74) is 2.07. The van der Waals surface area contributed by atoms with Gasteiger partial charge in [-0.2, -0.15) is 4.98 Å². The molecule has 1 aromatic heterocycles. The Morgan fingerprint density at radius 1 is 1.23 bits per heavy atom. The highest BCUT2D eigenvalue weighted by Crippen LogP contribution is 2.40. The van der Waals surface area contributed by atoms with Crippen molar-refractivity contribution < 1.29 is 9.53 Å². The van der Waals surface area contributed by atoms with E-state index in [1.54, 1.807) is 11.8 Å². The van der Waals surface area contributed by atoms with Crippen LogP contribution in [0.2, 0.25) is 5.02 Å². The van der Waals surface area contributed by atoms with E-state index in [4.69, 9.17) is 16.3 Å². The zero-order valence-corrected chi connectivity index (χ0v) is 17.8. The van der Waals surface area contributed by atoms with Crippen molar-refractivity contribution in [3.63, 3.8) is 0 Å². The lowest BCUT2D eigenvalue weighted by Crippen LogP contribution is -2.28. The third-order valence-corrected chi connectivity index (χ3v) is 5.57. The largest absolute Gasteiger partial charge is 0.497 e. The lowest BCUT2D eigenvalue weighted by atomic mass is 9.93. The summed E-state index contributed by atoms with van der Waals surface area (Å²) in [7, 11) is 1.65. The van der Waals surface area contributed by atoms with E-state index in [0.717, 1.165) is 23.3 Å². The SMILES string of the molecule is COc1ccc([C@@H]2C[C@H](c3ccccc3Cl)n3nc(NC(=O)C(C)C)nc3N2)cc1. The minimum atomic E-state index is -0.162. The molecule has 3 aromatic rings. The number of nitrogens with one attached hydrogen (secondary N) is 2. The van der Waals surface area contributed by atoms with Gasteiger partial charge in [0.25, 0.3) is 5.95 Å². The number of rotatable bonds is 5. The fourth-order valence-corrected chi connectivity index (χ4v) is 3.81. The van der Waals surface area contributed by atoms with Gasteiger partial charge in [0.05, 0.1) is 19.2 Å². The van der Waals surface area contributed by atoms with E-state index in [2.05, 4.69) is 20.7 Å². The number of hydrogen-bond acceptors (Lipinski definition) is 5. The van der Waals surface area contributed by atoms with Crippen molar-refractivity contribution in [1.29, 1.82) is 0 Å². The topological polar surface area (TPSA) is 81.1 Å². The molecule has 0 fully saturated rings. The molecule has 4 rings (SSSR count). The maximum Gasteiger partial charge on any atom is 0.250 e. The lowest BCUT2D eigenvalue weighted by molar-refractivity contribution is -0.118. The Morgan fingerprint density at radius 3 is 2.63 bits per heavy atom. The quantitative estimate of drug-likeness (QED) is 0.620. The number of aromatic nitrogens is 3. The van der Waals surface area contributed by atoms with Crippen molar-refractivity contribution in [2.75, 3.05) is 17.7 Å². The summed E-state index contributed by atoms with van der Waals surface area (Å²) in [6.45, 7) is 3.66. The number of hydrogen-bond donors (Lipinski definition) is 2. The maximum atomic E-state index is 12.1. The first-order chi connectivity index (χ1) is 14.5. The maximum absolute atomic E-state index is 12.1. The normalized spacial score (nSPS) is 17.9. The fourth-order valence-electron chi connectivity index (χ4n) is 3.54. The Morgan fingerprint density at radius 2 is 1.97 bits per heavy atom. The molecular formula is C22H24ClN5O2. The van der Waals surface area contributed by atoms with Gasteiger partial charge in [-0.25, -0.2) is 4.68 Å². The number of fused-ring (bicyclic) bond motifs is 1. The number of halogens is 1. The first kappa shape index (κ1) is 20.2. The second-order valence-electron chi connectivity index (χ2n) is 7.59. The summed E-state index contributed by atoms with van der Waals surface area (Å²) in [4.78, 5) is 16.7. The Balaban J connectivity index is 1.72. The monoisotopic (exact) mass is 425 g/mol. The summed E-state index contributed by atoms with van der Waals surface area (Å²) < 4.78 is 7.08. The molecule has 2 atom stereocenters. The van der Waals surface area contributed by atoms with E-state index in [1.165, 1.54) is 0 Å². The molecule has 0 aliphatic carbocycles. The van der Waals surface area contributed by atoms with Crippen LogP contribution in [-0.4, -0.2) is 27.8 Å². The van der Waals surface area contributed by atoms with Gasteiger partial charge in [0.15, 0.2) is 0 Å². The molecule has 7 nitrogen and oxygen atoms in total.